The minimum atomic E-state index is -0.514. The van der Waals surface area contributed by atoms with E-state index in [4.69, 9.17) is 14.5 Å². The number of pyridine rings is 2. The smallest absolute Gasteiger partial charge is 0.410 e. The number of para-hydroxylation sites is 1. The van der Waals surface area contributed by atoms with Gasteiger partial charge in [0.25, 0.3) is 0 Å². The number of nitrogens with zero attached hydrogens (tertiary/aromatic N) is 5. The number of fused-ring (bicyclic) bond motifs is 2. The van der Waals surface area contributed by atoms with Crippen molar-refractivity contribution in [1.29, 1.82) is 0 Å². The highest BCUT2D eigenvalue weighted by Crippen LogP contribution is 2.30. The molecule has 6 rings (SSSR count). The molecule has 0 atom stereocenters. The van der Waals surface area contributed by atoms with Gasteiger partial charge in [0.05, 0.1) is 0 Å². The lowest BCUT2D eigenvalue weighted by Gasteiger charge is -2.33. The Bertz CT molecular complexity index is 1680. The number of phenols is 1. The maximum absolute atomic E-state index is 12.4. The van der Waals surface area contributed by atoms with Gasteiger partial charge in [-0.05, 0) is 68.3 Å². The molecule has 9 heteroatoms. The summed E-state index contributed by atoms with van der Waals surface area (Å²) in [5, 5.41) is 19.4. The van der Waals surface area contributed by atoms with Crippen LogP contribution in [0.1, 0.15) is 33.6 Å². The van der Waals surface area contributed by atoms with Crippen molar-refractivity contribution in [2.75, 3.05) is 13.1 Å². The molecule has 204 valence electrons. The van der Waals surface area contributed by atoms with Crippen molar-refractivity contribution in [2.45, 2.75) is 45.3 Å². The largest absolute Gasteiger partial charge is 0.508 e. The molecule has 0 radical (unpaired) electrons. The van der Waals surface area contributed by atoms with E-state index in [9.17, 15) is 9.90 Å². The summed E-state index contributed by atoms with van der Waals surface area (Å²) >= 11 is 0. The first kappa shape index (κ1) is 25.6. The molecule has 0 spiro atoms. The molecule has 5 aromatic rings. The predicted octanol–water partition coefficient (Wildman–Crippen LogP) is 6.10. The van der Waals surface area contributed by atoms with E-state index in [0.29, 0.717) is 48.8 Å². The van der Waals surface area contributed by atoms with Crippen LogP contribution in [0, 0.1) is 0 Å². The molecule has 0 unspecified atom stereocenters. The molecule has 0 saturated carbocycles. The summed E-state index contributed by atoms with van der Waals surface area (Å²) in [4.78, 5) is 19.1. The van der Waals surface area contributed by atoms with Crippen molar-refractivity contribution >= 4 is 22.6 Å². The molecule has 1 N–H and O–H groups in total. The van der Waals surface area contributed by atoms with Crippen LogP contribution < -0.4 is 4.74 Å². The van der Waals surface area contributed by atoms with E-state index >= 15 is 0 Å². The SMILES string of the molecule is CC(C)(C)OC(=O)N1CCC(Oc2cccc3ccc(-c4nnc5ccc(-c6ccc(O)cc6)cn45)nc23)CC1. The topological polar surface area (TPSA) is 102 Å². The van der Waals surface area contributed by atoms with E-state index in [1.165, 1.54) is 0 Å². The molecular weight excluding hydrogens is 506 g/mol. The Hall–Kier alpha value is -4.66. The molecule has 1 aliphatic rings. The van der Waals surface area contributed by atoms with Crippen LogP contribution in [-0.2, 0) is 4.74 Å². The van der Waals surface area contributed by atoms with Crippen molar-refractivity contribution < 1.29 is 19.4 Å². The van der Waals surface area contributed by atoms with Gasteiger partial charge in [-0.15, -0.1) is 10.2 Å². The summed E-state index contributed by atoms with van der Waals surface area (Å²) in [6.45, 7) is 6.79. The van der Waals surface area contributed by atoms with Gasteiger partial charge in [0.15, 0.2) is 11.5 Å². The van der Waals surface area contributed by atoms with E-state index in [0.717, 1.165) is 22.0 Å². The van der Waals surface area contributed by atoms with Crippen molar-refractivity contribution in [3.8, 4) is 34.1 Å². The Labute approximate surface area is 232 Å². The quantitative estimate of drug-likeness (QED) is 0.296. The van der Waals surface area contributed by atoms with Crippen LogP contribution in [0.2, 0.25) is 0 Å². The molecule has 40 heavy (non-hydrogen) atoms. The van der Waals surface area contributed by atoms with Gasteiger partial charge in [0, 0.05) is 37.5 Å². The molecule has 0 aliphatic carbocycles. The molecule has 1 amide bonds. The highest BCUT2D eigenvalue weighted by molar-refractivity contribution is 5.86. The maximum Gasteiger partial charge on any atom is 0.410 e. The van der Waals surface area contributed by atoms with Crippen LogP contribution in [0.4, 0.5) is 4.79 Å². The summed E-state index contributed by atoms with van der Waals surface area (Å²) in [7, 11) is 0. The Morgan fingerprint density at radius 1 is 0.925 bits per heavy atom. The number of aromatic hydroxyl groups is 1. The number of hydrogen-bond donors (Lipinski definition) is 1. The zero-order valence-corrected chi connectivity index (χ0v) is 22.7. The van der Waals surface area contributed by atoms with Gasteiger partial charge in [-0.1, -0.05) is 30.3 Å². The van der Waals surface area contributed by atoms with E-state index in [1.54, 1.807) is 17.0 Å². The molecule has 9 nitrogen and oxygen atoms in total. The second-order valence-corrected chi connectivity index (χ2v) is 11.0. The lowest BCUT2D eigenvalue weighted by molar-refractivity contribution is 0.0127. The van der Waals surface area contributed by atoms with Crippen LogP contribution in [0.3, 0.4) is 0 Å². The first-order chi connectivity index (χ1) is 19.2. The Morgan fingerprint density at radius 2 is 1.68 bits per heavy atom. The van der Waals surface area contributed by atoms with Gasteiger partial charge in [0.1, 0.15) is 34.4 Å². The third-order valence-electron chi connectivity index (χ3n) is 6.90. The van der Waals surface area contributed by atoms with Crippen LogP contribution in [0.25, 0.3) is 39.2 Å². The summed E-state index contributed by atoms with van der Waals surface area (Å²) < 4.78 is 13.9. The van der Waals surface area contributed by atoms with Gasteiger partial charge in [-0.3, -0.25) is 4.40 Å². The average molecular weight is 538 g/mol. The molecule has 1 fully saturated rings. The molecular formula is C31H31N5O4. The number of phenolic OH excluding ortho intramolecular Hbond substituents is 1. The van der Waals surface area contributed by atoms with E-state index < -0.39 is 5.60 Å². The third-order valence-corrected chi connectivity index (χ3v) is 6.90. The number of hydrogen-bond acceptors (Lipinski definition) is 7. The Morgan fingerprint density at radius 3 is 2.42 bits per heavy atom. The lowest BCUT2D eigenvalue weighted by atomic mass is 10.1. The lowest BCUT2D eigenvalue weighted by Crippen LogP contribution is -2.44. The third kappa shape index (κ3) is 5.27. The fourth-order valence-electron chi connectivity index (χ4n) is 4.89. The molecule has 2 aromatic carbocycles. The zero-order chi connectivity index (χ0) is 27.9. The molecule has 0 bridgehead atoms. The van der Waals surface area contributed by atoms with Crippen LogP contribution >= 0.6 is 0 Å². The molecule has 1 saturated heterocycles. The monoisotopic (exact) mass is 537 g/mol. The minimum absolute atomic E-state index is 0.0310. The maximum atomic E-state index is 12.4. The number of likely N-dealkylation sites (tertiary alicyclic amines) is 1. The number of piperidine rings is 1. The minimum Gasteiger partial charge on any atom is -0.508 e. The van der Waals surface area contributed by atoms with Crippen molar-refractivity contribution in [1.82, 2.24) is 24.5 Å². The second-order valence-electron chi connectivity index (χ2n) is 11.0. The number of ether oxygens (including phenoxy) is 2. The summed E-state index contributed by atoms with van der Waals surface area (Å²) in [5.74, 6) is 1.55. The van der Waals surface area contributed by atoms with Gasteiger partial charge in [-0.2, -0.15) is 0 Å². The zero-order valence-electron chi connectivity index (χ0n) is 22.7. The standard InChI is InChI=1S/C31H31N5O4/c1-31(2,3)40-30(38)35-17-15-24(16-18-35)39-26-6-4-5-21-9-13-25(32-28(21)26)29-34-33-27-14-10-22(19-36(27)29)20-7-11-23(37)12-8-20/h4-14,19,24,37H,15-18H2,1-3H3. The van der Waals surface area contributed by atoms with E-state index in [2.05, 4.69) is 10.2 Å². The van der Waals surface area contributed by atoms with Gasteiger partial charge >= 0.3 is 6.09 Å². The summed E-state index contributed by atoms with van der Waals surface area (Å²) in [6.07, 6.45) is 3.09. The fourth-order valence-corrected chi connectivity index (χ4v) is 4.89. The Kier molecular flexibility index (Phi) is 6.50. The normalized spacial score (nSPS) is 14.5. The number of amides is 1. The van der Waals surface area contributed by atoms with Gasteiger partial charge < -0.3 is 19.5 Å². The predicted molar refractivity (Wildman–Crippen MR) is 152 cm³/mol. The molecule has 4 heterocycles. The number of benzene rings is 2. The van der Waals surface area contributed by atoms with E-state index in [1.807, 2.05) is 86.0 Å². The first-order valence-electron chi connectivity index (χ1n) is 13.4. The second kappa shape index (κ2) is 10.1. The van der Waals surface area contributed by atoms with Crippen molar-refractivity contribution in [3.63, 3.8) is 0 Å². The summed E-state index contributed by atoms with van der Waals surface area (Å²) in [5.41, 5.74) is 3.57. The highest BCUT2D eigenvalue weighted by Gasteiger charge is 2.28. The highest BCUT2D eigenvalue weighted by atomic mass is 16.6. The van der Waals surface area contributed by atoms with Gasteiger partial charge in [0.2, 0.25) is 0 Å². The molecule has 1 aliphatic heterocycles. The number of carbonyl (C=O) groups excluding carboxylic acids is 1. The Balaban J connectivity index is 1.25. The molecule has 3 aromatic heterocycles. The van der Waals surface area contributed by atoms with E-state index in [-0.39, 0.29) is 17.9 Å². The number of carbonyl (C=O) groups is 1. The summed E-state index contributed by atoms with van der Waals surface area (Å²) in [6, 6.07) is 20.8. The van der Waals surface area contributed by atoms with Crippen LogP contribution in [0.15, 0.2) is 72.9 Å². The average Bonchev–Trinajstić information content (AvgIpc) is 3.36. The van der Waals surface area contributed by atoms with Crippen molar-refractivity contribution in [2.24, 2.45) is 0 Å². The van der Waals surface area contributed by atoms with Crippen LogP contribution in [0.5, 0.6) is 11.5 Å². The first-order valence-corrected chi connectivity index (χ1v) is 13.4. The fraction of sp³-hybridized carbons (Fsp3) is 0.290. The van der Waals surface area contributed by atoms with Gasteiger partial charge in [-0.25, -0.2) is 9.78 Å². The number of aromatic nitrogens is 4. The number of rotatable bonds is 4. The van der Waals surface area contributed by atoms with Crippen LogP contribution in [-0.4, -0.2) is 60.5 Å². The van der Waals surface area contributed by atoms with Crippen molar-refractivity contribution in [3.05, 3.63) is 72.9 Å².